The van der Waals surface area contributed by atoms with Crippen LogP contribution in [0.1, 0.15) is 20.8 Å². The quantitative estimate of drug-likeness (QED) is 0.694. The molecule has 0 aromatic heterocycles. The van der Waals surface area contributed by atoms with Crippen molar-refractivity contribution in [1.82, 2.24) is 0 Å². The highest BCUT2D eigenvalue weighted by Crippen LogP contribution is 2.37. The van der Waals surface area contributed by atoms with Crippen LogP contribution in [-0.2, 0) is 0 Å². The summed E-state index contributed by atoms with van der Waals surface area (Å²) in [6, 6.07) is 4.62. The monoisotopic (exact) mass is 214 g/mol. The molecule has 14 heavy (non-hydrogen) atoms. The molecule has 0 atom stereocenters. The van der Waals surface area contributed by atoms with Gasteiger partial charge in [-0.05, 0) is 12.1 Å². The van der Waals surface area contributed by atoms with E-state index >= 15 is 0 Å². The van der Waals surface area contributed by atoms with Gasteiger partial charge in [-0.15, -0.1) is 11.8 Å². The lowest BCUT2D eigenvalue weighted by Crippen LogP contribution is -2.07. The second-order valence-corrected chi connectivity index (χ2v) is 5.88. The zero-order chi connectivity index (χ0) is 10.8. The molecule has 0 aliphatic carbocycles. The van der Waals surface area contributed by atoms with E-state index < -0.39 is 0 Å². The highest BCUT2D eigenvalue weighted by atomic mass is 32.2. The Labute approximate surface area is 88.7 Å². The second-order valence-electron chi connectivity index (χ2n) is 4.01. The molecule has 0 radical (unpaired) electrons. The highest BCUT2D eigenvalue weighted by molar-refractivity contribution is 8.00. The highest BCUT2D eigenvalue weighted by Gasteiger charge is 2.15. The molecule has 3 heteroatoms. The molecule has 78 valence electrons. The van der Waals surface area contributed by atoms with Gasteiger partial charge in [0.1, 0.15) is 11.6 Å². The van der Waals surface area contributed by atoms with Crippen molar-refractivity contribution in [2.45, 2.75) is 30.4 Å². The van der Waals surface area contributed by atoms with Crippen LogP contribution in [0.5, 0.6) is 5.75 Å². The Hall–Kier alpha value is -0.700. The molecule has 0 aliphatic heterocycles. The Morgan fingerprint density at radius 3 is 2.43 bits per heavy atom. The first kappa shape index (κ1) is 11.4. The van der Waals surface area contributed by atoms with Crippen LogP contribution in [0.25, 0.3) is 0 Å². The number of ether oxygens (including phenoxy) is 1. The molecule has 0 saturated carbocycles. The topological polar surface area (TPSA) is 9.23 Å². The van der Waals surface area contributed by atoms with Gasteiger partial charge in [-0.3, -0.25) is 0 Å². The first-order chi connectivity index (χ1) is 6.42. The van der Waals surface area contributed by atoms with Gasteiger partial charge in [-0.1, -0.05) is 20.8 Å². The standard InChI is InChI=1S/C11H15FOS/c1-11(2,3)14-10-6-5-8(12)7-9(10)13-4/h5-7H,1-4H3. The van der Waals surface area contributed by atoms with Crippen molar-refractivity contribution < 1.29 is 9.13 Å². The number of hydrogen-bond acceptors (Lipinski definition) is 2. The van der Waals surface area contributed by atoms with E-state index in [9.17, 15) is 4.39 Å². The van der Waals surface area contributed by atoms with E-state index in [1.807, 2.05) is 0 Å². The number of halogens is 1. The molecule has 1 nitrogen and oxygen atoms in total. The number of methoxy groups -OCH3 is 1. The van der Waals surface area contributed by atoms with Crippen molar-refractivity contribution in [2.75, 3.05) is 7.11 Å². The van der Waals surface area contributed by atoms with Crippen molar-refractivity contribution in [2.24, 2.45) is 0 Å². The third-order valence-electron chi connectivity index (χ3n) is 1.54. The van der Waals surface area contributed by atoms with Gasteiger partial charge in [0.25, 0.3) is 0 Å². The minimum absolute atomic E-state index is 0.102. The van der Waals surface area contributed by atoms with E-state index in [1.54, 1.807) is 24.9 Å². The van der Waals surface area contributed by atoms with Crippen LogP contribution >= 0.6 is 11.8 Å². The summed E-state index contributed by atoms with van der Waals surface area (Å²) in [5.41, 5.74) is 0. The summed E-state index contributed by atoms with van der Waals surface area (Å²) < 4.78 is 18.1. The van der Waals surface area contributed by atoms with Crippen LogP contribution in [-0.4, -0.2) is 11.9 Å². The first-order valence-electron chi connectivity index (χ1n) is 4.45. The summed E-state index contributed by atoms with van der Waals surface area (Å²) in [5, 5.41) is 0. The molecule has 0 heterocycles. The minimum atomic E-state index is -0.264. The van der Waals surface area contributed by atoms with E-state index in [0.29, 0.717) is 5.75 Å². The van der Waals surface area contributed by atoms with Gasteiger partial charge < -0.3 is 4.74 Å². The average molecular weight is 214 g/mol. The number of hydrogen-bond donors (Lipinski definition) is 0. The maximum atomic E-state index is 12.9. The minimum Gasteiger partial charge on any atom is -0.495 e. The van der Waals surface area contributed by atoms with E-state index in [2.05, 4.69) is 20.8 Å². The predicted molar refractivity (Wildman–Crippen MR) is 58.6 cm³/mol. The van der Waals surface area contributed by atoms with E-state index in [1.165, 1.54) is 12.1 Å². The summed E-state index contributed by atoms with van der Waals surface area (Å²) in [7, 11) is 1.56. The van der Waals surface area contributed by atoms with Gasteiger partial charge in [-0.25, -0.2) is 4.39 Å². The molecule has 0 spiro atoms. The predicted octanol–water partition coefficient (Wildman–Crippen LogP) is 3.72. The lowest BCUT2D eigenvalue weighted by atomic mass is 10.3. The van der Waals surface area contributed by atoms with Crippen LogP contribution in [0.2, 0.25) is 0 Å². The van der Waals surface area contributed by atoms with Crippen LogP contribution < -0.4 is 4.74 Å². The lowest BCUT2D eigenvalue weighted by molar-refractivity contribution is 0.401. The van der Waals surface area contributed by atoms with Gasteiger partial charge in [0.2, 0.25) is 0 Å². The van der Waals surface area contributed by atoms with Crippen LogP contribution in [0.4, 0.5) is 4.39 Å². The molecule has 1 rings (SSSR count). The molecule has 0 N–H and O–H groups in total. The molecule has 0 bridgehead atoms. The summed E-state index contributed by atoms with van der Waals surface area (Å²) in [4.78, 5) is 0.974. The van der Waals surface area contributed by atoms with Gasteiger partial charge in [0.05, 0.1) is 12.0 Å². The maximum Gasteiger partial charge on any atom is 0.135 e. The van der Waals surface area contributed by atoms with Crippen molar-refractivity contribution in [3.8, 4) is 5.75 Å². The molecule has 0 amide bonds. The maximum absolute atomic E-state index is 12.9. The van der Waals surface area contributed by atoms with Crippen LogP contribution in [0.15, 0.2) is 23.1 Å². The molecular weight excluding hydrogens is 199 g/mol. The fraction of sp³-hybridized carbons (Fsp3) is 0.455. The Bertz CT molecular complexity index is 318. The third-order valence-corrected chi connectivity index (χ3v) is 2.71. The largest absolute Gasteiger partial charge is 0.495 e. The Balaban J connectivity index is 2.97. The summed E-state index contributed by atoms with van der Waals surface area (Å²) in [6.45, 7) is 6.33. The first-order valence-corrected chi connectivity index (χ1v) is 5.26. The zero-order valence-corrected chi connectivity index (χ0v) is 9.74. The Morgan fingerprint density at radius 1 is 1.29 bits per heavy atom. The van der Waals surface area contributed by atoms with E-state index in [0.717, 1.165) is 4.90 Å². The fourth-order valence-corrected chi connectivity index (χ4v) is 2.09. The van der Waals surface area contributed by atoms with E-state index in [-0.39, 0.29) is 10.6 Å². The van der Waals surface area contributed by atoms with E-state index in [4.69, 9.17) is 4.74 Å². The SMILES string of the molecule is COc1cc(F)ccc1SC(C)(C)C. The van der Waals surface area contributed by atoms with Crippen molar-refractivity contribution in [3.63, 3.8) is 0 Å². The molecule has 0 fully saturated rings. The summed E-state index contributed by atoms with van der Waals surface area (Å²) in [6.07, 6.45) is 0. The average Bonchev–Trinajstić information content (AvgIpc) is 2.06. The molecular formula is C11H15FOS. The second kappa shape index (κ2) is 4.22. The van der Waals surface area contributed by atoms with Crippen LogP contribution in [0, 0.1) is 5.82 Å². The summed E-state index contributed by atoms with van der Waals surface area (Å²) >= 11 is 1.67. The molecule has 0 aliphatic rings. The normalized spacial score (nSPS) is 11.5. The van der Waals surface area contributed by atoms with Crippen molar-refractivity contribution in [1.29, 1.82) is 0 Å². The Morgan fingerprint density at radius 2 is 1.93 bits per heavy atom. The molecule has 0 saturated heterocycles. The Kier molecular flexibility index (Phi) is 3.43. The smallest absolute Gasteiger partial charge is 0.135 e. The van der Waals surface area contributed by atoms with Gasteiger partial charge in [-0.2, -0.15) is 0 Å². The van der Waals surface area contributed by atoms with Crippen molar-refractivity contribution >= 4 is 11.8 Å². The van der Waals surface area contributed by atoms with Crippen LogP contribution in [0.3, 0.4) is 0 Å². The molecule has 0 unspecified atom stereocenters. The number of benzene rings is 1. The van der Waals surface area contributed by atoms with Gasteiger partial charge >= 0.3 is 0 Å². The number of thioether (sulfide) groups is 1. The summed E-state index contributed by atoms with van der Waals surface area (Å²) in [5.74, 6) is 0.338. The fourth-order valence-electron chi connectivity index (χ4n) is 1.06. The molecule has 1 aromatic rings. The molecule has 1 aromatic carbocycles. The lowest BCUT2D eigenvalue weighted by Gasteiger charge is -2.19. The number of rotatable bonds is 2. The van der Waals surface area contributed by atoms with Gasteiger partial charge in [0.15, 0.2) is 0 Å². The van der Waals surface area contributed by atoms with Gasteiger partial charge in [0, 0.05) is 10.8 Å². The van der Waals surface area contributed by atoms with Crippen molar-refractivity contribution in [3.05, 3.63) is 24.0 Å². The zero-order valence-electron chi connectivity index (χ0n) is 8.93. The third kappa shape index (κ3) is 3.22.